The standard InChI is InChI=1S/C29H40O4/c1-5-6-7-8-13-29(14-9-10-15-29)23-17-26(31)28(27(32)18-23)25-16-22(19-33-21(4)30)11-12-24(25)20(2)3/h8,13,16-18,24-25,31-32H,2,5-7,9-12,14-15,19H2,1,3-4H3/b13-8-/t24-,25+/m1/s1. The zero-order chi connectivity index (χ0) is 24.0. The summed E-state index contributed by atoms with van der Waals surface area (Å²) in [5.41, 5.74) is 3.48. The Kier molecular flexibility index (Phi) is 8.45. The summed E-state index contributed by atoms with van der Waals surface area (Å²) in [6.45, 7) is 10.0. The molecule has 0 aliphatic heterocycles. The highest BCUT2D eigenvalue weighted by Crippen LogP contribution is 2.50. The number of rotatable bonds is 9. The first-order chi connectivity index (χ1) is 15.8. The summed E-state index contributed by atoms with van der Waals surface area (Å²) < 4.78 is 5.21. The summed E-state index contributed by atoms with van der Waals surface area (Å²) in [7, 11) is 0. The number of benzene rings is 1. The van der Waals surface area contributed by atoms with E-state index in [1.807, 2.05) is 19.1 Å². The SMILES string of the molecule is C=C(C)[C@H]1CCC(COC(C)=O)=C[C@@H]1c1c(O)cc(C2(/C=C\CCCC)CCCC2)cc1O. The Balaban J connectivity index is 1.97. The van der Waals surface area contributed by atoms with Crippen LogP contribution in [0, 0.1) is 5.92 Å². The van der Waals surface area contributed by atoms with E-state index >= 15 is 0 Å². The molecule has 33 heavy (non-hydrogen) atoms. The van der Waals surface area contributed by atoms with Crippen LogP contribution in [0.4, 0.5) is 0 Å². The molecule has 0 unspecified atom stereocenters. The number of hydrogen-bond acceptors (Lipinski definition) is 4. The molecule has 4 nitrogen and oxygen atoms in total. The van der Waals surface area contributed by atoms with Crippen LogP contribution in [-0.2, 0) is 14.9 Å². The second-order valence-electron chi connectivity index (χ2n) is 9.96. The van der Waals surface area contributed by atoms with Crippen LogP contribution in [0.3, 0.4) is 0 Å². The minimum absolute atomic E-state index is 0.113. The van der Waals surface area contributed by atoms with Crippen LogP contribution in [0.25, 0.3) is 0 Å². The Labute approximate surface area is 199 Å². The van der Waals surface area contributed by atoms with E-state index in [4.69, 9.17) is 4.74 Å². The summed E-state index contributed by atoms with van der Waals surface area (Å²) in [5, 5.41) is 22.4. The monoisotopic (exact) mass is 452 g/mol. The maximum Gasteiger partial charge on any atom is 0.302 e. The van der Waals surface area contributed by atoms with Crippen LogP contribution in [-0.4, -0.2) is 22.8 Å². The molecule has 0 aromatic heterocycles. The topological polar surface area (TPSA) is 66.8 Å². The second kappa shape index (κ2) is 11.1. The highest BCUT2D eigenvalue weighted by Gasteiger charge is 2.36. The maximum absolute atomic E-state index is 11.3. The van der Waals surface area contributed by atoms with Gasteiger partial charge in [0.15, 0.2) is 0 Å². The van der Waals surface area contributed by atoms with Crippen LogP contribution in [0.5, 0.6) is 11.5 Å². The lowest BCUT2D eigenvalue weighted by atomic mass is 9.72. The highest BCUT2D eigenvalue weighted by atomic mass is 16.5. The molecule has 0 bridgehead atoms. The molecule has 1 saturated carbocycles. The van der Waals surface area contributed by atoms with Crippen LogP contribution < -0.4 is 0 Å². The Hall–Kier alpha value is -2.49. The van der Waals surface area contributed by atoms with Gasteiger partial charge < -0.3 is 14.9 Å². The number of carbonyl (C=O) groups is 1. The Morgan fingerprint density at radius 1 is 1.21 bits per heavy atom. The Morgan fingerprint density at radius 2 is 1.88 bits per heavy atom. The molecule has 0 radical (unpaired) electrons. The minimum Gasteiger partial charge on any atom is -0.507 e. The van der Waals surface area contributed by atoms with Crippen molar-refractivity contribution in [3.05, 3.63) is 59.2 Å². The molecule has 1 aromatic carbocycles. The first-order valence-electron chi connectivity index (χ1n) is 12.5. The molecule has 1 fully saturated rings. The average Bonchev–Trinajstić information content (AvgIpc) is 3.25. The van der Waals surface area contributed by atoms with E-state index in [2.05, 4.69) is 31.7 Å². The number of unbranched alkanes of at least 4 members (excludes halogenated alkanes) is 2. The first-order valence-corrected chi connectivity index (χ1v) is 12.5. The van der Waals surface area contributed by atoms with Gasteiger partial charge in [-0.15, -0.1) is 0 Å². The van der Waals surface area contributed by atoms with Crippen LogP contribution in [0.2, 0.25) is 0 Å². The Bertz CT molecular complexity index is 895. The fourth-order valence-corrected chi connectivity index (χ4v) is 5.57. The highest BCUT2D eigenvalue weighted by molar-refractivity contribution is 5.66. The number of allylic oxidation sites excluding steroid dienone is 4. The number of esters is 1. The van der Waals surface area contributed by atoms with E-state index in [1.54, 1.807) is 0 Å². The van der Waals surface area contributed by atoms with Crippen molar-refractivity contribution in [1.29, 1.82) is 0 Å². The maximum atomic E-state index is 11.3. The average molecular weight is 453 g/mol. The lowest BCUT2D eigenvalue weighted by molar-refractivity contribution is -0.140. The predicted molar refractivity (Wildman–Crippen MR) is 134 cm³/mol. The van der Waals surface area contributed by atoms with E-state index in [1.165, 1.54) is 19.8 Å². The van der Waals surface area contributed by atoms with Gasteiger partial charge >= 0.3 is 5.97 Å². The molecular formula is C29H40O4. The van der Waals surface area contributed by atoms with Gasteiger partial charge in [0, 0.05) is 23.8 Å². The largest absolute Gasteiger partial charge is 0.507 e. The van der Waals surface area contributed by atoms with Crippen molar-refractivity contribution >= 4 is 5.97 Å². The molecule has 2 aliphatic rings. The lowest BCUT2D eigenvalue weighted by Gasteiger charge is -2.33. The normalized spacial score (nSPS) is 22.3. The van der Waals surface area contributed by atoms with Gasteiger partial charge in [-0.25, -0.2) is 0 Å². The van der Waals surface area contributed by atoms with Crippen LogP contribution in [0.1, 0.15) is 95.6 Å². The van der Waals surface area contributed by atoms with Crippen molar-refractivity contribution in [2.75, 3.05) is 6.61 Å². The van der Waals surface area contributed by atoms with E-state index in [9.17, 15) is 15.0 Å². The summed E-state index contributed by atoms with van der Waals surface area (Å²) in [4.78, 5) is 11.3. The third-order valence-corrected chi connectivity index (χ3v) is 7.42. The molecule has 3 rings (SSSR count). The van der Waals surface area contributed by atoms with Crippen molar-refractivity contribution in [2.45, 2.75) is 89.9 Å². The minimum atomic E-state index is -0.307. The number of aromatic hydroxyl groups is 2. The van der Waals surface area contributed by atoms with E-state index < -0.39 is 0 Å². The van der Waals surface area contributed by atoms with Crippen molar-refractivity contribution < 1.29 is 19.7 Å². The lowest BCUT2D eigenvalue weighted by Crippen LogP contribution is -2.21. The number of phenolic OH excluding ortho intramolecular Hbond substituents is 2. The molecular weight excluding hydrogens is 412 g/mol. The van der Waals surface area contributed by atoms with E-state index in [-0.39, 0.29) is 41.3 Å². The van der Waals surface area contributed by atoms with Gasteiger partial charge in [-0.05, 0) is 68.2 Å². The molecule has 2 aliphatic carbocycles. The first kappa shape index (κ1) is 25.1. The zero-order valence-electron chi connectivity index (χ0n) is 20.5. The van der Waals surface area contributed by atoms with E-state index in [0.717, 1.165) is 61.7 Å². The third kappa shape index (κ3) is 5.90. The van der Waals surface area contributed by atoms with Gasteiger partial charge in [0.1, 0.15) is 18.1 Å². The van der Waals surface area contributed by atoms with Crippen molar-refractivity contribution in [2.24, 2.45) is 5.92 Å². The predicted octanol–water partition coefficient (Wildman–Crippen LogP) is 7.22. The van der Waals surface area contributed by atoms with Gasteiger partial charge in [-0.2, -0.15) is 0 Å². The van der Waals surface area contributed by atoms with Crippen molar-refractivity contribution in [1.82, 2.24) is 0 Å². The molecule has 2 atom stereocenters. The second-order valence-corrected chi connectivity index (χ2v) is 9.96. The van der Waals surface area contributed by atoms with Gasteiger partial charge in [0.05, 0.1) is 0 Å². The number of carbonyl (C=O) groups excluding carboxylic acids is 1. The number of phenols is 2. The van der Waals surface area contributed by atoms with Crippen molar-refractivity contribution in [3.8, 4) is 11.5 Å². The third-order valence-electron chi connectivity index (χ3n) is 7.42. The smallest absolute Gasteiger partial charge is 0.302 e. The summed E-state index contributed by atoms with van der Waals surface area (Å²) in [5.74, 6) is -0.115. The van der Waals surface area contributed by atoms with E-state index in [0.29, 0.717) is 5.56 Å². The number of ether oxygens (including phenoxy) is 1. The van der Waals surface area contributed by atoms with Crippen LogP contribution in [0.15, 0.2) is 48.1 Å². The molecule has 0 saturated heterocycles. The molecule has 180 valence electrons. The van der Waals surface area contributed by atoms with Gasteiger partial charge in [0.2, 0.25) is 0 Å². The fourth-order valence-electron chi connectivity index (χ4n) is 5.57. The molecule has 2 N–H and O–H groups in total. The quantitative estimate of drug-likeness (QED) is 0.236. The van der Waals surface area contributed by atoms with Gasteiger partial charge in [-0.3, -0.25) is 4.79 Å². The fraction of sp³-hybridized carbons (Fsp3) is 0.552. The summed E-state index contributed by atoms with van der Waals surface area (Å²) in [6, 6.07) is 3.74. The van der Waals surface area contributed by atoms with Crippen molar-refractivity contribution in [3.63, 3.8) is 0 Å². The van der Waals surface area contributed by atoms with Gasteiger partial charge in [-0.1, -0.05) is 63.0 Å². The summed E-state index contributed by atoms with van der Waals surface area (Å²) in [6.07, 6.45) is 16.1. The molecule has 0 amide bonds. The molecule has 0 spiro atoms. The Morgan fingerprint density at radius 3 is 2.45 bits per heavy atom. The van der Waals surface area contributed by atoms with Crippen LogP contribution >= 0.6 is 0 Å². The van der Waals surface area contributed by atoms with Gasteiger partial charge in [0.25, 0.3) is 0 Å². The molecule has 1 aromatic rings. The molecule has 0 heterocycles. The number of hydrogen-bond donors (Lipinski definition) is 2. The molecule has 4 heteroatoms. The summed E-state index contributed by atoms with van der Waals surface area (Å²) >= 11 is 0. The zero-order valence-corrected chi connectivity index (χ0v) is 20.5.